The molecule has 2 aromatic carbocycles. The van der Waals surface area contributed by atoms with Gasteiger partial charge in [0.1, 0.15) is 0 Å². The van der Waals surface area contributed by atoms with E-state index in [9.17, 15) is 14.9 Å². The Morgan fingerprint density at radius 2 is 1.84 bits per heavy atom. The fourth-order valence-electron chi connectivity index (χ4n) is 1.59. The van der Waals surface area contributed by atoms with E-state index in [2.05, 4.69) is 15.9 Å². The van der Waals surface area contributed by atoms with Gasteiger partial charge < -0.3 is 0 Å². The minimum atomic E-state index is -0.546. The number of carbonyl (C=O) groups is 1. The van der Waals surface area contributed by atoms with Crippen molar-refractivity contribution >= 4 is 39.0 Å². The van der Waals surface area contributed by atoms with Crippen LogP contribution in [0.3, 0.4) is 0 Å². The summed E-state index contributed by atoms with van der Waals surface area (Å²) in [5, 5.41) is 11.1. The van der Waals surface area contributed by atoms with Crippen molar-refractivity contribution < 1.29 is 9.72 Å². The number of hydrogen-bond donors (Lipinski definition) is 0. The van der Waals surface area contributed by atoms with Crippen LogP contribution in [0.5, 0.6) is 0 Å². The number of nitro benzene ring substituents is 1. The van der Waals surface area contributed by atoms with Gasteiger partial charge in [0.15, 0.2) is 5.78 Å². The molecule has 0 saturated carbocycles. The molecule has 0 aliphatic carbocycles. The summed E-state index contributed by atoms with van der Waals surface area (Å²) in [4.78, 5) is 22.5. The minimum Gasteiger partial charge on any atom is -0.289 e. The Labute approximate surface area is 122 Å². The van der Waals surface area contributed by atoms with Crippen LogP contribution in [0.15, 0.2) is 46.9 Å². The number of rotatable bonds is 3. The third-order valence-electron chi connectivity index (χ3n) is 2.52. The standard InChI is InChI=1S/C13H7BrClNO3/c14-11-6-5-8(16(18)19)7-10(11)13(17)9-3-1-2-4-12(9)15/h1-7H. The van der Waals surface area contributed by atoms with E-state index in [0.29, 0.717) is 15.1 Å². The van der Waals surface area contributed by atoms with Crippen LogP contribution in [-0.4, -0.2) is 10.7 Å². The summed E-state index contributed by atoms with van der Waals surface area (Å²) in [6, 6.07) is 10.6. The van der Waals surface area contributed by atoms with Crippen molar-refractivity contribution in [3.05, 3.63) is 73.2 Å². The van der Waals surface area contributed by atoms with E-state index in [0.717, 1.165) is 0 Å². The van der Waals surface area contributed by atoms with Gasteiger partial charge in [-0.15, -0.1) is 0 Å². The first-order valence-electron chi connectivity index (χ1n) is 5.24. The van der Waals surface area contributed by atoms with Crippen LogP contribution in [0, 0.1) is 10.1 Å². The van der Waals surface area contributed by atoms with Gasteiger partial charge in [-0.3, -0.25) is 14.9 Å². The van der Waals surface area contributed by atoms with Gasteiger partial charge in [-0.05, 0) is 18.2 Å². The lowest BCUT2D eigenvalue weighted by molar-refractivity contribution is -0.384. The maximum Gasteiger partial charge on any atom is 0.270 e. The lowest BCUT2D eigenvalue weighted by atomic mass is 10.0. The number of benzene rings is 2. The molecule has 0 radical (unpaired) electrons. The van der Waals surface area contributed by atoms with E-state index in [-0.39, 0.29) is 17.0 Å². The second-order valence-electron chi connectivity index (χ2n) is 3.73. The quantitative estimate of drug-likeness (QED) is 0.477. The van der Waals surface area contributed by atoms with E-state index in [1.807, 2.05) is 0 Å². The van der Waals surface area contributed by atoms with Gasteiger partial charge in [-0.25, -0.2) is 0 Å². The zero-order valence-corrected chi connectivity index (χ0v) is 11.8. The average Bonchev–Trinajstić information content (AvgIpc) is 2.38. The fourth-order valence-corrected chi connectivity index (χ4v) is 2.24. The molecule has 0 fully saturated rings. The topological polar surface area (TPSA) is 60.2 Å². The molecule has 0 bridgehead atoms. The van der Waals surface area contributed by atoms with Gasteiger partial charge in [0.2, 0.25) is 0 Å². The molecule has 0 saturated heterocycles. The Kier molecular flexibility index (Phi) is 3.97. The van der Waals surface area contributed by atoms with Gasteiger partial charge in [0.05, 0.1) is 9.95 Å². The second-order valence-corrected chi connectivity index (χ2v) is 4.99. The molecule has 0 heterocycles. The maximum absolute atomic E-state index is 12.3. The van der Waals surface area contributed by atoms with E-state index < -0.39 is 4.92 Å². The molecule has 0 amide bonds. The number of non-ortho nitro benzene ring substituents is 1. The molecule has 4 nitrogen and oxygen atoms in total. The molecule has 0 spiro atoms. The normalized spacial score (nSPS) is 10.2. The number of ketones is 1. The molecule has 6 heteroatoms. The van der Waals surface area contributed by atoms with E-state index in [1.54, 1.807) is 24.3 Å². The van der Waals surface area contributed by atoms with Gasteiger partial charge in [0, 0.05) is 27.7 Å². The smallest absolute Gasteiger partial charge is 0.270 e. The predicted octanol–water partition coefficient (Wildman–Crippen LogP) is 4.24. The lowest BCUT2D eigenvalue weighted by Crippen LogP contribution is -2.04. The summed E-state index contributed by atoms with van der Waals surface area (Å²) in [5.41, 5.74) is 0.381. The molecule has 0 aromatic heterocycles. The molecule has 2 aromatic rings. The molecule has 0 aliphatic heterocycles. The van der Waals surface area contributed by atoms with Crippen LogP contribution in [0.4, 0.5) is 5.69 Å². The summed E-state index contributed by atoms with van der Waals surface area (Å²) in [6.45, 7) is 0. The summed E-state index contributed by atoms with van der Waals surface area (Å²) in [6.07, 6.45) is 0. The Hall–Kier alpha value is -1.72. The van der Waals surface area contributed by atoms with Crippen molar-refractivity contribution in [2.45, 2.75) is 0 Å². The first kappa shape index (κ1) is 13.7. The third-order valence-corrected chi connectivity index (χ3v) is 3.54. The van der Waals surface area contributed by atoms with Crippen molar-refractivity contribution in [2.75, 3.05) is 0 Å². The molecule has 19 heavy (non-hydrogen) atoms. The number of halogens is 2. The van der Waals surface area contributed by atoms with Crippen LogP contribution in [0.1, 0.15) is 15.9 Å². The minimum absolute atomic E-state index is 0.140. The van der Waals surface area contributed by atoms with Crippen LogP contribution in [-0.2, 0) is 0 Å². The number of nitrogens with zero attached hydrogens (tertiary/aromatic N) is 1. The highest BCUT2D eigenvalue weighted by molar-refractivity contribution is 9.10. The molecule has 0 unspecified atom stereocenters. The second kappa shape index (κ2) is 5.50. The van der Waals surface area contributed by atoms with Gasteiger partial charge in [-0.2, -0.15) is 0 Å². The zero-order valence-electron chi connectivity index (χ0n) is 9.47. The third kappa shape index (κ3) is 2.83. The van der Waals surface area contributed by atoms with E-state index >= 15 is 0 Å². The zero-order chi connectivity index (χ0) is 14.0. The Bertz CT molecular complexity index is 673. The van der Waals surface area contributed by atoms with E-state index in [1.165, 1.54) is 18.2 Å². The molecule has 96 valence electrons. The summed E-state index contributed by atoms with van der Waals surface area (Å²) >= 11 is 9.17. The van der Waals surface area contributed by atoms with Crippen LogP contribution in [0.25, 0.3) is 0 Å². The molecular formula is C13H7BrClNO3. The molecule has 2 rings (SSSR count). The molecular weight excluding hydrogens is 334 g/mol. The van der Waals surface area contributed by atoms with Crippen molar-refractivity contribution in [3.63, 3.8) is 0 Å². The highest BCUT2D eigenvalue weighted by atomic mass is 79.9. The first-order chi connectivity index (χ1) is 9.00. The van der Waals surface area contributed by atoms with Crippen LogP contribution >= 0.6 is 27.5 Å². The number of hydrogen-bond acceptors (Lipinski definition) is 3. The maximum atomic E-state index is 12.3. The van der Waals surface area contributed by atoms with Gasteiger partial charge >= 0.3 is 0 Å². The molecule has 0 aliphatic rings. The summed E-state index contributed by atoms with van der Waals surface area (Å²) < 4.78 is 0.489. The average molecular weight is 341 g/mol. The number of carbonyl (C=O) groups excluding carboxylic acids is 1. The highest BCUT2D eigenvalue weighted by Gasteiger charge is 2.18. The Balaban J connectivity index is 2.53. The van der Waals surface area contributed by atoms with Crippen molar-refractivity contribution in [1.29, 1.82) is 0 Å². The van der Waals surface area contributed by atoms with Crippen LogP contribution in [0.2, 0.25) is 5.02 Å². The summed E-state index contributed by atoms with van der Waals surface area (Å²) in [5.74, 6) is -0.360. The molecule has 0 N–H and O–H groups in total. The Morgan fingerprint density at radius 3 is 2.47 bits per heavy atom. The monoisotopic (exact) mass is 339 g/mol. The van der Waals surface area contributed by atoms with Crippen molar-refractivity contribution in [3.8, 4) is 0 Å². The van der Waals surface area contributed by atoms with Gasteiger partial charge in [-0.1, -0.05) is 39.7 Å². The predicted molar refractivity (Wildman–Crippen MR) is 75.7 cm³/mol. The van der Waals surface area contributed by atoms with Crippen LogP contribution < -0.4 is 0 Å². The largest absolute Gasteiger partial charge is 0.289 e. The summed E-state index contributed by atoms with van der Waals surface area (Å²) in [7, 11) is 0. The first-order valence-corrected chi connectivity index (χ1v) is 6.41. The SMILES string of the molecule is O=C(c1ccccc1Cl)c1cc([N+](=O)[O-])ccc1Br. The van der Waals surface area contributed by atoms with E-state index in [4.69, 9.17) is 11.6 Å². The van der Waals surface area contributed by atoms with Gasteiger partial charge in [0.25, 0.3) is 5.69 Å². The molecule has 0 atom stereocenters. The van der Waals surface area contributed by atoms with Crippen molar-refractivity contribution in [2.24, 2.45) is 0 Å². The highest BCUT2D eigenvalue weighted by Crippen LogP contribution is 2.27. The lowest BCUT2D eigenvalue weighted by Gasteiger charge is -2.05. The number of nitro groups is 1. The van der Waals surface area contributed by atoms with Crippen molar-refractivity contribution in [1.82, 2.24) is 0 Å². The fraction of sp³-hybridized carbons (Fsp3) is 0. The Morgan fingerprint density at radius 1 is 1.16 bits per heavy atom.